The topological polar surface area (TPSA) is 15.6 Å². The van der Waals surface area contributed by atoms with Crippen molar-refractivity contribution in [3.8, 4) is 0 Å². The van der Waals surface area contributed by atoms with Gasteiger partial charge in [0.1, 0.15) is 0 Å². The number of hydrogen-bond acceptors (Lipinski definition) is 3. The summed E-state index contributed by atoms with van der Waals surface area (Å²) in [5.74, 6) is 0. The van der Waals surface area contributed by atoms with Crippen LogP contribution < -0.4 is 0 Å². The van der Waals surface area contributed by atoms with Crippen LogP contribution in [0.5, 0.6) is 0 Å². The second-order valence-electron chi connectivity index (χ2n) is 6.18. The Hall–Kier alpha value is -1.71. The number of hydrogen-bond donors (Lipinski definition) is 0. The summed E-state index contributed by atoms with van der Waals surface area (Å²) in [6, 6.07) is 17.2. The van der Waals surface area contributed by atoms with E-state index in [4.69, 9.17) is 16.6 Å². The van der Waals surface area contributed by atoms with Crippen molar-refractivity contribution in [1.82, 2.24) is 4.90 Å². The fourth-order valence-corrected chi connectivity index (χ4v) is 4.27. The van der Waals surface area contributed by atoms with E-state index in [9.17, 15) is 0 Å². The Labute approximate surface area is 152 Å². The number of rotatable bonds is 4. The molecule has 0 aliphatic carbocycles. The second kappa shape index (κ2) is 6.66. The van der Waals surface area contributed by atoms with Crippen molar-refractivity contribution in [1.29, 1.82) is 0 Å². The number of allylic oxidation sites excluding steroid dienone is 1. The number of thioether (sulfide) groups is 1. The summed E-state index contributed by atoms with van der Waals surface area (Å²) in [7, 11) is 0. The van der Waals surface area contributed by atoms with Gasteiger partial charge in [0.25, 0.3) is 0 Å². The summed E-state index contributed by atoms with van der Waals surface area (Å²) in [5.41, 5.74) is 3.98. The molecular weight excluding hydrogens is 336 g/mol. The van der Waals surface area contributed by atoms with Gasteiger partial charge in [0.2, 0.25) is 0 Å². The molecule has 0 saturated heterocycles. The van der Waals surface area contributed by atoms with Gasteiger partial charge in [-0.2, -0.15) is 0 Å². The van der Waals surface area contributed by atoms with Crippen LogP contribution in [0.2, 0.25) is 5.02 Å². The maximum absolute atomic E-state index is 5.97. The molecule has 0 bridgehead atoms. The minimum absolute atomic E-state index is 0.214. The molecule has 0 unspecified atom stereocenters. The van der Waals surface area contributed by atoms with Crippen molar-refractivity contribution >= 4 is 28.5 Å². The molecule has 4 heteroatoms. The number of amidine groups is 1. The first kappa shape index (κ1) is 15.8. The van der Waals surface area contributed by atoms with E-state index in [2.05, 4.69) is 54.4 Å². The molecule has 2 heterocycles. The third-order valence-electron chi connectivity index (χ3n) is 4.47. The van der Waals surface area contributed by atoms with E-state index in [0.29, 0.717) is 0 Å². The second-order valence-corrected chi connectivity index (χ2v) is 7.71. The Morgan fingerprint density at radius 2 is 1.79 bits per heavy atom. The highest BCUT2D eigenvalue weighted by Crippen LogP contribution is 2.38. The lowest BCUT2D eigenvalue weighted by molar-refractivity contribution is 0.556. The molecule has 2 nitrogen and oxygen atoms in total. The van der Waals surface area contributed by atoms with E-state index in [-0.39, 0.29) is 6.04 Å². The molecule has 0 radical (unpaired) electrons. The monoisotopic (exact) mass is 354 g/mol. The van der Waals surface area contributed by atoms with E-state index < -0.39 is 0 Å². The summed E-state index contributed by atoms with van der Waals surface area (Å²) in [6.07, 6.45) is 4.33. The van der Waals surface area contributed by atoms with E-state index in [1.807, 2.05) is 12.1 Å². The van der Waals surface area contributed by atoms with E-state index in [0.717, 1.165) is 29.6 Å². The zero-order valence-electron chi connectivity index (χ0n) is 13.6. The van der Waals surface area contributed by atoms with E-state index >= 15 is 0 Å². The molecule has 0 spiro atoms. The first-order valence-corrected chi connectivity index (χ1v) is 9.47. The van der Waals surface area contributed by atoms with Crippen LogP contribution in [0.4, 0.5) is 0 Å². The predicted octanol–water partition coefficient (Wildman–Crippen LogP) is 5.45. The van der Waals surface area contributed by atoms with Crippen LogP contribution in [0.3, 0.4) is 0 Å². The SMILES string of the molecule is CCc1ccc(CC2=CN3C[C@H](c4ccc(Cl)cc4)N=C3S2)cc1. The smallest absolute Gasteiger partial charge is 0.168 e. The van der Waals surface area contributed by atoms with Gasteiger partial charge >= 0.3 is 0 Å². The highest BCUT2D eigenvalue weighted by Gasteiger charge is 2.30. The van der Waals surface area contributed by atoms with Crippen molar-refractivity contribution in [2.75, 3.05) is 6.54 Å². The van der Waals surface area contributed by atoms with Gasteiger partial charge in [-0.05, 0) is 35.2 Å². The van der Waals surface area contributed by atoms with Crippen molar-refractivity contribution in [2.45, 2.75) is 25.8 Å². The molecule has 1 atom stereocenters. The van der Waals surface area contributed by atoms with Gasteiger partial charge in [-0.3, -0.25) is 4.99 Å². The summed E-state index contributed by atoms with van der Waals surface area (Å²) >= 11 is 7.77. The third kappa shape index (κ3) is 3.24. The molecule has 2 aliphatic heterocycles. The highest BCUT2D eigenvalue weighted by molar-refractivity contribution is 8.17. The Morgan fingerprint density at radius 3 is 2.46 bits per heavy atom. The van der Waals surface area contributed by atoms with Gasteiger partial charge in [-0.15, -0.1) is 0 Å². The summed E-state index contributed by atoms with van der Waals surface area (Å²) in [6.45, 7) is 3.11. The van der Waals surface area contributed by atoms with Gasteiger partial charge < -0.3 is 4.90 Å². The molecule has 0 saturated carbocycles. The number of nitrogens with zero attached hydrogens (tertiary/aromatic N) is 2. The number of halogens is 1. The summed E-state index contributed by atoms with van der Waals surface area (Å²) in [4.78, 5) is 8.53. The molecule has 2 aliphatic rings. The third-order valence-corrected chi connectivity index (χ3v) is 5.75. The summed E-state index contributed by atoms with van der Waals surface area (Å²) < 4.78 is 0. The Morgan fingerprint density at radius 1 is 1.08 bits per heavy atom. The lowest BCUT2D eigenvalue weighted by atomic mass is 10.1. The first-order valence-electron chi connectivity index (χ1n) is 8.27. The van der Waals surface area contributed by atoms with E-state index in [1.54, 1.807) is 11.8 Å². The lowest BCUT2D eigenvalue weighted by Crippen LogP contribution is -2.16. The van der Waals surface area contributed by atoms with Crippen LogP contribution in [0.15, 0.2) is 64.6 Å². The first-order chi connectivity index (χ1) is 11.7. The molecule has 122 valence electrons. The molecule has 2 aromatic rings. The quantitative estimate of drug-likeness (QED) is 0.725. The molecule has 0 amide bonds. The highest BCUT2D eigenvalue weighted by atomic mass is 35.5. The van der Waals surface area contributed by atoms with Gasteiger partial charge in [-0.25, -0.2) is 0 Å². The number of aliphatic imine (C=N–C) groups is 1. The standard InChI is InChI=1S/C20H19ClN2S/c1-2-14-3-5-15(6-4-14)11-18-12-23-13-19(22-20(23)24-18)16-7-9-17(21)10-8-16/h3-10,12,19H,2,11,13H2,1H3/t19-/m1/s1. The van der Waals surface area contributed by atoms with Crippen LogP contribution in [0.1, 0.15) is 29.7 Å². The number of benzene rings is 2. The largest absolute Gasteiger partial charge is 0.324 e. The minimum Gasteiger partial charge on any atom is -0.324 e. The normalized spacial score (nSPS) is 19.2. The Kier molecular flexibility index (Phi) is 4.38. The van der Waals surface area contributed by atoms with E-state index in [1.165, 1.54) is 21.6 Å². The van der Waals surface area contributed by atoms with Crippen LogP contribution >= 0.6 is 23.4 Å². The average molecular weight is 355 g/mol. The summed E-state index contributed by atoms with van der Waals surface area (Å²) in [5, 5.41) is 1.89. The van der Waals surface area contributed by atoms with Crippen molar-refractivity contribution in [3.63, 3.8) is 0 Å². The molecule has 24 heavy (non-hydrogen) atoms. The lowest BCUT2D eigenvalue weighted by Gasteiger charge is -2.11. The number of fused-ring (bicyclic) bond motifs is 1. The van der Waals surface area contributed by atoms with Crippen LogP contribution in [-0.2, 0) is 12.8 Å². The molecule has 0 N–H and O–H groups in total. The Balaban J connectivity index is 1.42. The maximum Gasteiger partial charge on any atom is 0.168 e. The molecule has 2 aromatic carbocycles. The predicted molar refractivity (Wildman–Crippen MR) is 104 cm³/mol. The fraction of sp³-hybridized carbons (Fsp3) is 0.250. The average Bonchev–Trinajstić information content (AvgIpc) is 3.14. The Bertz CT molecular complexity index is 793. The molecule has 0 aromatic heterocycles. The zero-order valence-corrected chi connectivity index (χ0v) is 15.1. The minimum atomic E-state index is 0.214. The van der Waals surface area contributed by atoms with Gasteiger partial charge in [-0.1, -0.05) is 66.7 Å². The van der Waals surface area contributed by atoms with Crippen molar-refractivity contribution in [2.24, 2.45) is 4.99 Å². The van der Waals surface area contributed by atoms with Crippen LogP contribution in [0.25, 0.3) is 0 Å². The number of aryl methyl sites for hydroxylation is 1. The van der Waals surface area contributed by atoms with Crippen LogP contribution in [0, 0.1) is 0 Å². The van der Waals surface area contributed by atoms with Gasteiger partial charge in [0, 0.05) is 22.5 Å². The van der Waals surface area contributed by atoms with Gasteiger partial charge in [0.05, 0.1) is 12.6 Å². The van der Waals surface area contributed by atoms with Crippen molar-refractivity contribution < 1.29 is 0 Å². The fourth-order valence-electron chi connectivity index (χ4n) is 3.06. The molecule has 0 fully saturated rings. The van der Waals surface area contributed by atoms with Gasteiger partial charge in [0.15, 0.2) is 5.17 Å². The van der Waals surface area contributed by atoms with Crippen LogP contribution in [-0.4, -0.2) is 16.6 Å². The molecule has 4 rings (SSSR count). The maximum atomic E-state index is 5.97. The zero-order chi connectivity index (χ0) is 16.5. The molecular formula is C20H19ClN2S. The van der Waals surface area contributed by atoms with Crippen molar-refractivity contribution in [3.05, 3.63) is 81.3 Å².